The predicted octanol–water partition coefficient (Wildman–Crippen LogP) is 4.38. The van der Waals surface area contributed by atoms with Gasteiger partial charge in [0.15, 0.2) is 5.82 Å². The highest BCUT2D eigenvalue weighted by atomic mass is 35.5. The summed E-state index contributed by atoms with van der Waals surface area (Å²) in [6, 6.07) is 1.33. The Morgan fingerprint density at radius 1 is 1.31 bits per heavy atom. The Bertz CT molecular complexity index is 1250. The van der Waals surface area contributed by atoms with Crippen LogP contribution in [0.2, 0.25) is 5.02 Å². The number of imidazole rings is 1. The van der Waals surface area contributed by atoms with E-state index in [9.17, 15) is 9.90 Å². The van der Waals surface area contributed by atoms with Gasteiger partial charge >= 0.3 is 0 Å². The number of carbonyl (C=O) groups excluding carboxylic acids is 1. The number of rotatable bonds is 6. The Kier molecular flexibility index (Phi) is 7.19. The fourth-order valence-corrected chi connectivity index (χ4v) is 4.92. The lowest BCUT2D eigenvalue weighted by molar-refractivity contribution is 0.0858. The minimum Gasteiger partial charge on any atom is -0.490 e. The molecule has 0 bridgehead atoms. The highest BCUT2D eigenvalue weighted by Gasteiger charge is 2.31. The number of nitrogen functional groups attached to an aromatic ring is 1. The number of amides is 1. The number of carbonyl (C=O) groups is 1. The van der Waals surface area contributed by atoms with Gasteiger partial charge in [-0.05, 0) is 52.5 Å². The fraction of sp³-hybridized carbons (Fsp3) is 0.480. The van der Waals surface area contributed by atoms with E-state index in [1.54, 1.807) is 12.4 Å². The van der Waals surface area contributed by atoms with E-state index in [-0.39, 0.29) is 34.6 Å². The van der Waals surface area contributed by atoms with Gasteiger partial charge in [0.25, 0.3) is 5.91 Å². The minimum atomic E-state index is -0.829. The first-order valence-electron chi connectivity index (χ1n) is 11.8. The highest BCUT2D eigenvalue weighted by molar-refractivity contribution is 6.31. The van der Waals surface area contributed by atoms with Crippen molar-refractivity contribution in [3.05, 3.63) is 51.9 Å². The van der Waals surface area contributed by atoms with E-state index < -0.39 is 17.6 Å². The topological polar surface area (TPSA) is 115 Å². The monoisotopic (exact) mass is 503 g/mol. The van der Waals surface area contributed by atoms with Gasteiger partial charge in [-0.3, -0.25) is 9.20 Å². The molecule has 1 aliphatic rings. The van der Waals surface area contributed by atoms with Crippen molar-refractivity contribution in [3.63, 3.8) is 0 Å². The zero-order valence-corrected chi connectivity index (χ0v) is 21.1. The Morgan fingerprint density at radius 3 is 2.66 bits per heavy atom. The van der Waals surface area contributed by atoms with Crippen molar-refractivity contribution in [2.24, 2.45) is 0 Å². The average molecular weight is 504 g/mol. The summed E-state index contributed by atoms with van der Waals surface area (Å²) in [5.41, 5.74) is 7.78. The van der Waals surface area contributed by atoms with Gasteiger partial charge in [-0.15, -0.1) is 0 Å². The first-order valence-corrected chi connectivity index (χ1v) is 12.2. The van der Waals surface area contributed by atoms with Gasteiger partial charge < -0.3 is 20.9 Å². The molecule has 4 rings (SSSR count). The largest absolute Gasteiger partial charge is 0.490 e. The number of aromatic nitrogens is 3. The van der Waals surface area contributed by atoms with Crippen LogP contribution in [-0.2, 0) is 0 Å². The third-order valence-electron chi connectivity index (χ3n) is 6.45. The Labute approximate surface area is 208 Å². The molecule has 1 aromatic carbocycles. The van der Waals surface area contributed by atoms with Gasteiger partial charge in [0.1, 0.15) is 28.5 Å². The van der Waals surface area contributed by atoms with Crippen molar-refractivity contribution in [3.8, 4) is 5.75 Å². The molecule has 1 amide bonds. The van der Waals surface area contributed by atoms with Crippen LogP contribution in [-0.4, -0.2) is 43.6 Å². The van der Waals surface area contributed by atoms with Crippen LogP contribution in [0.5, 0.6) is 5.75 Å². The van der Waals surface area contributed by atoms with Crippen LogP contribution < -0.4 is 15.8 Å². The van der Waals surface area contributed by atoms with E-state index >= 15 is 4.39 Å². The van der Waals surface area contributed by atoms with Crippen LogP contribution in [0.15, 0.2) is 18.5 Å². The van der Waals surface area contributed by atoms with Crippen molar-refractivity contribution in [2.45, 2.75) is 77.5 Å². The summed E-state index contributed by atoms with van der Waals surface area (Å²) in [7, 11) is 0. The number of nitrogens with two attached hydrogens (primary N) is 1. The van der Waals surface area contributed by atoms with E-state index in [4.69, 9.17) is 27.1 Å². The number of fused-ring (bicyclic) bond motifs is 1. The van der Waals surface area contributed by atoms with Gasteiger partial charge in [0.2, 0.25) is 0 Å². The molecule has 0 aliphatic heterocycles. The number of aryl methyl sites for hydroxylation is 1. The molecule has 1 unspecified atom stereocenters. The third kappa shape index (κ3) is 4.92. The number of benzene rings is 1. The summed E-state index contributed by atoms with van der Waals surface area (Å²) < 4.78 is 23.3. The van der Waals surface area contributed by atoms with Crippen molar-refractivity contribution in [1.82, 2.24) is 19.7 Å². The first kappa shape index (κ1) is 25.2. The number of hydrogen-bond acceptors (Lipinski definition) is 6. The van der Waals surface area contributed by atoms with Crippen LogP contribution >= 0.6 is 11.6 Å². The molecule has 1 atom stereocenters. The van der Waals surface area contributed by atoms with Crippen LogP contribution in [0.4, 0.5) is 10.2 Å². The summed E-state index contributed by atoms with van der Waals surface area (Å²) in [5.74, 6) is -0.711. The lowest BCUT2D eigenvalue weighted by atomic mass is 9.92. The Hall–Kier alpha value is -2.91. The number of nitrogens with one attached hydrogen (secondary N) is 1. The van der Waals surface area contributed by atoms with Crippen LogP contribution in [0.25, 0.3) is 5.52 Å². The van der Waals surface area contributed by atoms with Gasteiger partial charge in [-0.2, -0.15) is 0 Å². The minimum absolute atomic E-state index is 0.138. The molecule has 188 valence electrons. The van der Waals surface area contributed by atoms with Crippen LogP contribution in [0.3, 0.4) is 0 Å². The number of aliphatic hydroxyl groups excluding tert-OH is 1. The maximum absolute atomic E-state index is 15.4. The molecule has 2 aromatic heterocycles. The Morgan fingerprint density at radius 2 is 2.00 bits per heavy atom. The molecule has 0 radical (unpaired) electrons. The van der Waals surface area contributed by atoms with Crippen molar-refractivity contribution >= 4 is 28.8 Å². The lowest BCUT2D eigenvalue weighted by Gasteiger charge is -2.27. The quantitative estimate of drug-likeness (QED) is 0.459. The summed E-state index contributed by atoms with van der Waals surface area (Å²) in [5, 5.41) is 12.5. The molecule has 0 saturated heterocycles. The summed E-state index contributed by atoms with van der Waals surface area (Å²) in [4.78, 5) is 22.2. The lowest BCUT2D eigenvalue weighted by Crippen LogP contribution is -2.39. The molecule has 2 heterocycles. The Balaban J connectivity index is 1.81. The van der Waals surface area contributed by atoms with Crippen molar-refractivity contribution < 1.29 is 19.0 Å². The maximum atomic E-state index is 15.4. The second-order valence-electron chi connectivity index (χ2n) is 9.42. The summed E-state index contributed by atoms with van der Waals surface area (Å²) >= 11 is 6.31. The number of halogens is 2. The van der Waals surface area contributed by atoms with Gasteiger partial charge in [-0.25, -0.2) is 14.4 Å². The molecule has 1 aliphatic carbocycles. The molecule has 1 saturated carbocycles. The van der Waals surface area contributed by atoms with E-state index in [1.807, 2.05) is 32.1 Å². The molecular weight excluding hydrogens is 473 g/mol. The average Bonchev–Trinajstić information content (AvgIpc) is 3.14. The number of anilines is 1. The molecule has 4 N–H and O–H groups in total. The van der Waals surface area contributed by atoms with E-state index in [0.29, 0.717) is 54.1 Å². The molecular formula is C25H31ClFN5O3. The number of aliphatic hydroxyl groups is 1. The molecule has 35 heavy (non-hydrogen) atoms. The first-order chi connectivity index (χ1) is 16.6. The smallest absolute Gasteiger partial charge is 0.258 e. The third-order valence-corrected chi connectivity index (χ3v) is 6.73. The second-order valence-corrected chi connectivity index (χ2v) is 9.83. The van der Waals surface area contributed by atoms with Crippen LogP contribution in [0, 0.1) is 12.7 Å². The maximum Gasteiger partial charge on any atom is 0.258 e. The van der Waals surface area contributed by atoms with E-state index in [2.05, 4.69) is 10.3 Å². The van der Waals surface area contributed by atoms with Gasteiger partial charge in [-0.1, -0.05) is 18.5 Å². The number of nitrogens with zero attached hydrogens (tertiary/aromatic N) is 3. The molecule has 8 nitrogen and oxygen atoms in total. The zero-order valence-electron chi connectivity index (χ0n) is 20.3. The van der Waals surface area contributed by atoms with E-state index in [0.717, 1.165) is 0 Å². The molecule has 1 fully saturated rings. The molecule has 10 heteroatoms. The van der Waals surface area contributed by atoms with Crippen molar-refractivity contribution in [2.75, 3.05) is 5.73 Å². The summed E-state index contributed by atoms with van der Waals surface area (Å²) in [6.07, 6.45) is 5.07. The second kappa shape index (κ2) is 9.99. The predicted molar refractivity (Wildman–Crippen MR) is 133 cm³/mol. The van der Waals surface area contributed by atoms with E-state index in [1.165, 1.54) is 6.07 Å². The standard InChI is InChI=1S/C25H31ClFN5O3/c1-12(2)35-22-17(13(3)24-30-14(4)21-23(28)29-9-10-32(21)24)11-18(26)20(27)19(22)25(34)31-15-5-7-16(33)8-6-15/h9-13,15-16,33H,5-8H2,1-4H3,(H2,28,29)(H,31,34). The normalized spacial score (nSPS) is 19.2. The number of hydrogen-bond donors (Lipinski definition) is 3. The fourth-order valence-electron chi connectivity index (χ4n) is 4.71. The summed E-state index contributed by atoms with van der Waals surface area (Å²) in [6.45, 7) is 7.36. The van der Waals surface area contributed by atoms with Gasteiger partial charge in [0, 0.05) is 29.9 Å². The zero-order chi connectivity index (χ0) is 25.4. The van der Waals surface area contributed by atoms with Gasteiger partial charge in [0.05, 0.1) is 22.9 Å². The SMILES string of the molecule is Cc1nc(C(C)c2cc(Cl)c(F)c(C(=O)NC3CCC(O)CC3)c2OC(C)C)n2ccnc(N)c12. The molecule has 3 aromatic rings. The molecule has 0 spiro atoms. The van der Waals surface area contributed by atoms with Crippen molar-refractivity contribution in [1.29, 1.82) is 0 Å². The van der Waals surface area contributed by atoms with Crippen LogP contribution in [0.1, 0.15) is 79.8 Å². The number of ether oxygens (including phenoxy) is 1. The highest BCUT2D eigenvalue weighted by Crippen LogP contribution is 2.40.